The SMILES string of the molecule is COCCNC(=O)c1cc(Nc2c(Cl)cccc2Cl)ncn1. The van der Waals surface area contributed by atoms with Crippen LogP contribution in [0.1, 0.15) is 10.5 Å². The van der Waals surface area contributed by atoms with E-state index in [0.717, 1.165) is 0 Å². The molecule has 2 rings (SSSR count). The maximum absolute atomic E-state index is 11.9. The molecule has 8 heteroatoms. The molecular weight excluding hydrogens is 327 g/mol. The number of para-hydroxylation sites is 1. The number of hydrogen-bond acceptors (Lipinski definition) is 5. The van der Waals surface area contributed by atoms with Gasteiger partial charge in [-0.3, -0.25) is 4.79 Å². The van der Waals surface area contributed by atoms with Gasteiger partial charge in [-0.1, -0.05) is 29.3 Å². The number of methoxy groups -OCH3 is 1. The number of amides is 1. The lowest BCUT2D eigenvalue weighted by Gasteiger charge is -2.10. The third-order valence-electron chi connectivity index (χ3n) is 2.71. The molecular formula is C14H14Cl2N4O2. The van der Waals surface area contributed by atoms with Crippen LogP contribution in [0.25, 0.3) is 0 Å². The van der Waals surface area contributed by atoms with E-state index in [1.807, 2.05) is 0 Å². The van der Waals surface area contributed by atoms with Gasteiger partial charge in [0.15, 0.2) is 0 Å². The van der Waals surface area contributed by atoms with E-state index in [-0.39, 0.29) is 11.6 Å². The Kier molecular flexibility index (Phi) is 5.94. The molecule has 1 aromatic carbocycles. The van der Waals surface area contributed by atoms with Crippen molar-refractivity contribution in [3.63, 3.8) is 0 Å². The summed E-state index contributed by atoms with van der Waals surface area (Å²) in [6, 6.07) is 6.66. The number of aromatic nitrogens is 2. The Balaban J connectivity index is 2.13. The predicted molar refractivity (Wildman–Crippen MR) is 86.0 cm³/mol. The Hall–Kier alpha value is -1.89. The molecule has 22 heavy (non-hydrogen) atoms. The van der Waals surface area contributed by atoms with Crippen molar-refractivity contribution in [2.24, 2.45) is 0 Å². The van der Waals surface area contributed by atoms with Gasteiger partial charge in [-0.15, -0.1) is 0 Å². The number of ether oxygens (including phenoxy) is 1. The summed E-state index contributed by atoms with van der Waals surface area (Å²) in [5.74, 6) is 0.106. The second-order valence-corrected chi connectivity index (χ2v) is 5.07. The van der Waals surface area contributed by atoms with E-state index in [4.69, 9.17) is 27.9 Å². The van der Waals surface area contributed by atoms with Crippen LogP contribution in [0.2, 0.25) is 10.0 Å². The summed E-state index contributed by atoms with van der Waals surface area (Å²) in [5, 5.41) is 6.57. The van der Waals surface area contributed by atoms with Crippen LogP contribution in [0.4, 0.5) is 11.5 Å². The molecule has 0 spiro atoms. The molecule has 0 saturated heterocycles. The van der Waals surface area contributed by atoms with Gasteiger partial charge in [0.25, 0.3) is 5.91 Å². The van der Waals surface area contributed by atoms with E-state index in [2.05, 4.69) is 20.6 Å². The van der Waals surface area contributed by atoms with Crippen molar-refractivity contribution < 1.29 is 9.53 Å². The van der Waals surface area contributed by atoms with Gasteiger partial charge in [0.2, 0.25) is 0 Å². The topological polar surface area (TPSA) is 76.1 Å². The molecule has 1 aromatic heterocycles. The first-order valence-corrected chi connectivity index (χ1v) is 7.17. The van der Waals surface area contributed by atoms with Crippen LogP contribution in [-0.4, -0.2) is 36.1 Å². The average molecular weight is 341 g/mol. The van der Waals surface area contributed by atoms with Gasteiger partial charge in [0, 0.05) is 19.7 Å². The minimum Gasteiger partial charge on any atom is -0.383 e. The van der Waals surface area contributed by atoms with Crippen molar-refractivity contribution in [3.8, 4) is 0 Å². The molecule has 0 saturated carbocycles. The fraction of sp³-hybridized carbons (Fsp3) is 0.214. The average Bonchev–Trinajstić information content (AvgIpc) is 2.51. The normalized spacial score (nSPS) is 10.3. The molecule has 0 aliphatic carbocycles. The lowest BCUT2D eigenvalue weighted by molar-refractivity contribution is 0.0932. The Bertz CT molecular complexity index is 647. The third kappa shape index (κ3) is 4.30. The van der Waals surface area contributed by atoms with Crippen molar-refractivity contribution in [1.82, 2.24) is 15.3 Å². The van der Waals surface area contributed by atoms with Crippen molar-refractivity contribution in [1.29, 1.82) is 0 Å². The molecule has 0 aliphatic heterocycles. The monoisotopic (exact) mass is 340 g/mol. The Labute approximate surface area is 137 Å². The van der Waals surface area contributed by atoms with Gasteiger partial charge >= 0.3 is 0 Å². The molecule has 6 nitrogen and oxygen atoms in total. The van der Waals surface area contributed by atoms with E-state index in [1.165, 1.54) is 12.4 Å². The minimum absolute atomic E-state index is 0.233. The number of benzene rings is 1. The summed E-state index contributed by atoms with van der Waals surface area (Å²) in [6.07, 6.45) is 1.29. The number of hydrogen-bond donors (Lipinski definition) is 2. The number of carbonyl (C=O) groups is 1. The minimum atomic E-state index is -0.312. The standard InChI is InChI=1S/C14H14Cl2N4O2/c1-22-6-5-17-14(21)11-7-12(19-8-18-11)20-13-9(15)3-2-4-10(13)16/h2-4,7-8H,5-6H2,1H3,(H,17,21)(H,18,19,20). The Morgan fingerprint density at radius 1 is 1.27 bits per heavy atom. The largest absolute Gasteiger partial charge is 0.383 e. The van der Waals surface area contributed by atoms with Crippen LogP contribution in [0.15, 0.2) is 30.6 Å². The molecule has 116 valence electrons. The highest BCUT2D eigenvalue weighted by atomic mass is 35.5. The summed E-state index contributed by atoms with van der Waals surface area (Å²) in [7, 11) is 1.56. The molecule has 0 fully saturated rings. The van der Waals surface area contributed by atoms with E-state index in [1.54, 1.807) is 25.3 Å². The van der Waals surface area contributed by atoms with Gasteiger partial charge in [-0.25, -0.2) is 9.97 Å². The maximum atomic E-state index is 11.9. The smallest absolute Gasteiger partial charge is 0.270 e. The second-order valence-electron chi connectivity index (χ2n) is 4.26. The van der Waals surface area contributed by atoms with Crippen LogP contribution >= 0.6 is 23.2 Å². The van der Waals surface area contributed by atoms with Gasteiger partial charge in [-0.05, 0) is 12.1 Å². The highest BCUT2D eigenvalue weighted by Gasteiger charge is 2.10. The van der Waals surface area contributed by atoms with E-state index in [9.17, 15) is 4.79 Å². The molecule has 0 unspecified atom stereocenters. The molecule has 1 heterocycles. The van der Waals surface area contributed by atoms with Crippen LogP contribution in [0.5, 0.6) is 0 Å². The van der Waals surface area contributed by atoms with Gasteiger partial charge < -0.3 is 15.4 Å². The van der Waals surface area contributed by atoms with Crippen LogP contribution in [-0.2, 0) is 4.74 Å². The molecule has 2 aromatic rings. The summed E-state index contributed by atoms with van der Waals surface area (Å²) >= 11 is 12.2. The first-order chi connectivity index (χ1) is 10.6. The molecule has 0 aliphatic rings. The zero-order valence-electron chi connectivity index (χ0n) is 11.8. The molecule has 0 atom stereocenters. The highest BCUT2D eigenvalue weighted by Crippen LogP contribution is 2.31. The van der Waals surface area contributed by atoms with Gasteiger partial charge in [-0.2, -0.15) is 0 Å². The zero-order chi connectivity index (χ0) is 15.9. The van der Waals surface area contributed by atoms with Crippen LogP contribution in [0.3, 0.4) is 0 Å². The molecule has 1 amide bonds. The summed E-state index contributed by atoms with van der Waals surface area (Å²) in [5.41, 5.74) is 0.757. The molecule has 0 radical (unpaired) electrons. The predicted octanol–water partition coefficient (Wildman–Crippen LogP) is 2.90. The van der Waals surface area contributed by atoms with E-state index in [0.29, 0.717) is 34.7 Å². The number of nitrogens with zero attached hydrogens (tertiary/aromatic N) is 2. The fourth-order valence-corrected chi connectivity index (χ4v) is 2.14. The fourth-order valence-electron chi connectivity index (χ4n) is 1.65. The molecule has 0 bridgehead atoms. The number of carbonyl (C=O) groups excluding carboxylic acids is 1. The lowest BCUT2D eigenvalue weighted by atomic mass is 10.3. The zero-order valence-corrected chi connectivity index (χ0v) is 13.3. The van der Waals surface area contributed by atoms with Gasteiger partial charge in [0.1, 0.15) is 17.8 Å². The summed E-state index contributed by atoms with van der Waals surface area (Å²) in [4.78, 5) is 19.9. The number of nitrogens with one attached hydrogen (secondary N) is 2. The van der Waals surface area contributed by atoms with Crippen molar-refractivity contribution in [2.75, 3.05) is 25.6 Å². The number of halogens is 2. The second kappa shape index (κ2) is 7.93. The summed E-state index contributed by atoms with van der Waals surface area (Å²) in [6.45, 7) is 0.829. The van der Waals surface area contributed by atoms with E-state index < -0.39 is 0 Å². The lowest BCUT2D eigenvalue weighted by Crippen LogP contribution is -2.27. The third-order valence-corrected chi connectivity index (χ3v) is 3.34. The van der Waals surface area contributed by atoms with Crippen molar-refractivity contribution in [2.45, 2.75) is 0 Å². The molecule has 2 N–H and O–H groups in total. The summed E-state index contributed by atoms with van der Waals surface area (Å²) < 4.78 is 4.87. The number of rotatable bonds is 6. The quantitative estimate of drug-likeness (QED) is 0.790. The van der Waals surface area contributed by atoms with Crippen molar-refractivity contribution >= 4 is 40.6 Å². The maximum Gasteiger partial charge on any atom is 0.270 e. The highest BCUT2D eigenvalue weighted by molar-refractivity contribution is 6.39. The van der Waals surface area contributed by atoms with E-state index >= 15 is 0 Å². The van der Waals surface area contributed by atoms with Crippen LogP contribution < -0.4 is 10.6 Å². The first kappa shape index (κ1) is 16.5. The first-order valence-electron chi connectivity index (χ1n) is 6.42. The van der Waals surface area contributed by atoms with Crippen molar-refractivity contribution in [3.05, 3.63) is 46.3 Å². The van der Waals surface area contributed by atoms with Crippen LogP contribution in [0, 0.1) is 0 Å². The Morgan fingerprint density at radius 2 is 2.00 bits per heavy atom. The Morgan fingerprint density at radius 3 is 2.68 bits per heavy atom. The number of anilines is 2. The van der Waals surface area contributed by atoms with Gasteiger partial charge in [0.05, 0.1) is 22.3 Å².